The van der Waals surface area contributed by atoms with Crippen LogP contribution in [0.1, 0.15) is 43.2 Å². The Labute approximate surface area is 170 Å². The highest BCUT2D eigenvalue weighted by atomic mass is 32.1. The van der Waals surface area contributed by atoms with E-state index in [2.05, 4.69) is 32.7 Å². The molecule has 2 aromatic heterocycles. The number of fused-ring (bicyclic) bond motifs is 3. The van der Waals surface area contributed by atoms with Gasteiger partial charge in [-0.15, -0.1) is 11.3 Å². The Morgan fingerprint density at radius 2 is 2.00 bits per heavy atom. The lowest BCUT2D eigenvalue weighted by molar-refractivity contribution is 0.218. The van der Waals surface area contributed by atoms with Gasteiger partial charge in [-0.2, -0.15) is 0 Å². The van der Waals surface area contributed by atoms with E-state index < -0.39 is 0 Å². The van der Waals surface area contributed by atoms with Crippen LogP contribution in [0.25, 0.3) is 10.2 Å². The summed E-state index contributed by atoms with van der Waals surface area (Å²) in [5, 5.41) is 0.838. The van der Waals surface area contributed by atoms with Crippen molar-refractivity contribution < 1.29 is 4.74 Å². The van der Waals surface area contributed by atoms with Gasteiger partial charge < -0.3 is 4.74 Å². The Balaban J connectivity index is 1.54. The maximum Gasteiger partial charge on any atom is 0.262 e. The molecule has 4 rings (SSSR count). The van der Waals surface area contributed by atoms with E-state index in [0.717, 1.165) is 35.2 Å². The summed E-state index contributed by atoms with van der Waals surface area (Å²) in [4.78, 5) is 19.9. The Morgan fingerprint density at radius 1 is 1.25 bits per heavy atom. The third kappa shape index (κ3) is 3.72. The highest BCUT2D eigenvalue weighted by molar-refractivity contribution is 7.18. The van der Waals surface area contributed by atoms with Gasteiger partial charge in [0.05, 0.1) is 18.3 Å². The van der Waals surface area contributed by atoms with Crippen molar-refractivity contribution in [2.75, 3.05) is 6.61 Å². The second-order valence-corrected chi connectivity index (χ2v) is 9.98. The zero-order valence-electron chi connectivity index (χ0n) is 17.1. The first kappa shape index (κ1) is 19.2. The highest BCUT2D eigenvalue weighted by Crippen LogP contribution is 2.41. The molecule has 2 heterocycles. The first-order valence-corrected chi connectivity index (χ1v) is 10.8. The average molecular weight is 397 g/mol. The van der Waals surface area contributed by atoms with Crippen LogP contribution in [0.3, 0.4) is 0 Å². The van der Waals surface area contributed by atoms with Crippen molar-refractivity contribution in [3.63, 3.8) is 0 Å². The van der Waals surface area contributed by atoms with Gasteiger partial charge in [0, 0.05) is 4.88 Å². The van der Waals surface area contributed by atoms with E-state index in [9.17, 15) is 4.79 Å². The molecule has 148 valence electrons. The summed E-state index contributed by atoms with van der Waals surface area (Å²) in [5.74, 6) is 1.49. The third-order valence-electron chi connectivity index (χ3n) is 5.88. The minimum atomic E-state index is 0.0733. The Bertz CT molecular complexity index is 1040. The van der Waals surface area contributed by atoms with Crippen LogP contribution >= 0.6 is 11.3 Å². The second-order valence-electron chi connectivity index (χ2n) is 8.89. The molecular weight excluding hydrogens is 368 g/mol. The first-order valence-electron chi connectivity index (χ1n) is 10.0. The summed E-state index contributed by atoms with van der Waals surface area (Å²) in [7, 11) is 0. The van der Waals surface area contributed by atoms with Crippen LogP contribution < -0.4 is 10.3 Å². The molecule has 1 atom stereocenters. The van der Waals surface area contributed by atoms with Gasteiger partial charge in [-0.25, -0.2) is 4.98 Å². The smallest absolute Gasteiger partial charge is 0.262 e. The maximum atomic E-state index is 13.1. The molecular formula is C23H28N2O2S. The number of hydrogen-bond donors (Lipinski definition) is 0. The van der Waals surface area contributed by atoms with Gasteiger partial charge in [-0.1, -0.05) is 38.5 Å². The molecule has 0 amide bonds. The van der Waals surface area contributed by atoms with Gasteiger partial charge in [-0.05, 0) is 55.2 Å². The van der Waals surface area contributed by atoms with Crippen LogP contribution in [-0.4, -0.2) is 16.2 Å². The lowest BCUT2D eigenvalue weighted by Crippen LogP contribution is -2.27. The fourth-order valence-corrected chi connectivity index (χ4v) is 5.25. The quantitative estimate of drug-likeness (QED) is 0.624. The van der Waals surface area contributed by atoms with Crippen molar-refractivity contribution in [1.82, 2.24) is 9.55 Å². The van der Waals surface area contributed by atoms with E-state index in [4.69, 9.17) is 4.74 Å². The number of aromatic nitrogens is 2. The lowest BCUT2D eigenvalue weighted by atomic mass is 9.72. The molecule has 0 N–H and O–H groups in total. The van der Waals surface area contributed by atoms with Crippen LogP contribution in [0.5, 0.6) is 5.75 Å². The van der Waals surface area contributed by atoms with Gasteiger partial charge in [0.15, 0.2) is 0 Å². The topological polar surface area (TPSA) is 44.1 Å². The molecule has 0 radical (unpaired) electrons. The Hall–Kier alpha value is -2.14. The van der Waals surface area contributed by atoms with Crippen LogP contribution in [0, 0.1) is 18.3 Å². The monoisotopic (exact) mass is 396 g/mol. The van der Waals surface area contributed by atoms with E-state index in [0.29, 0.717) is 24.5 Å². The number of nitrogens with zero attached hydrogens (tertiary/aromatic N) is 2. The molecule has 1 aliphatic rings. The molecule has 0 unspecified atom stereocenters. The highest BCUT2D eigenvalue weighted by Gasteiger charge is 2.31. The largest absolute Gasteiger partial charge is 0.492 e. The molecule has 1 aliphatic carbocycles. The lowest BCUT2D eigenvalue weighted by Gasteiger charge is -2.33. The number of benzene rings is 1. The van der Waals surface area contributed by atoms with Crippen molar-refractivity contribution in [2.24, 2.45) is 11.3 Å². The fourth-order valence-electron chi connectivity index (χ4n) is 4.00. The molecule has 0 aliphatic heterocycles. The van der Waals surface area contributed by atoms with E-state index in [-0.39, 0.29) is 5.56 Å². The molecule has 0 bridgehead atoms. The summed E-state index contributed by atoms with van der Waals surface area (Å²) >= 11 is 1.71. The molecule has 4 nitrogen and oxygen atoms in total. The number of aryl methyl sites for hydroxylation is 2. The van der Waals surface area contributed by atoms with Gasteiger partial charge in [0.1, 0.15) is 17.2 Å². The van der Waals surface area contributed by atoms with Gasteiger partial charge in [0.2, 0.25) is 0 Å². The summed E-state index contributed by atoms with van der Waals surface area (Å²) in [6.45, 7) is 9.95. The van der Waals surface area contributed by atoms with E-state index >= 15 is 0 Å². The van der Waals surface area contributed by atoms with E-state index in [1.165, 1.54) is 16.0 Å². The van der Waals surface area contributed by atoms with Crippen molar-refractivity contribution in [1.29, 1.82) is 0 Å². The van der Waals surface area contributed by atoms with Gasteiger partial charge in [-0.3, -0.25) is 9.36 Å². The summed E-state index contributed by atoms with van der Waals surface area (Å²) in [6.07, 6.45) is 4.87. The average Bonchev–Trinajstić information content (AvgIpc) is 3.03. The number of hydrogen-bond acceptors (Lipinski definition) is 4. The van der Waals surface area contributed by atoms with Crippen LogP contribution in [0.15, 0.2) is 35.4 Å². The number of thiophene rings is 1. The number of rotatable bonds is 4. The zero-order valence-corrected chi connectivity index (χ0v) is 17.9. The maximum absolute atomic E-state index is 13.1. The van der Waals surface area contributed by atoms with Gasteiger partial charge >= 0.3 is 0 Å². The van der Waals surface area contributed by atoms with Crippen LogP contribution in [-0.2, 0) is 19.4 Å². The normalized spacial score (nSPS) is 16.9. The Kier molecular flexibility index (Phi) is 5.04. The van der Waals surface area contributed by atoms with Crippen molar-refractivity contribution in [3.05, 3.63) is 57.0 Å². The molecule has 28 heavy (non-hydrogen) atoms. The van der Waals surface area contributed by atoms with E-state index in [1.807, 2.05) is 24.3 Å². The van der Waals surface area contributed by atoms with E-state index in [1.54, 1.807) is 22.2 Å². The molecule has 5 heteroatoms. The molecule has 0 saturated heterocycles. The number of ether oxygens (including phenoxy) is 1. The third-order valence-corrected chi connectivity index (χ3v) is 7.04. The molecule has 0 spiro atoms. The summed E-state index contributed by atoms with van der Waals surface area (Å²) in [5.41, 5.74) is 2.82. The molecule has 1 aromatic carbocycles. The minimum absolute atomic E-state index is 0.0733. The standard InChI is InChI=1S/C23H28N2O2S/c1-15-5-8-17(9-6-15)27-12-11-25-14-24-21-20(22(25)26)18-10-7-16(23(2,3)4)13-19(18)28-21/h5-6,8-9,14,16H,7,10-13H2,1-4H3/t16-/m1/s1. The molecule has 3 aromatic rings. The predicted octanol–water partition coefficient (Wildman–Crippen LogP) is 5.00. The first-order chi connectivity index (χ1) is 13.3. The fraction of sp³-hybridized carbons (Fsp3) is 0.478. The molecule has 0 saturated carbocycles. The van der Waals surface area contributed by atoms with Crippen molar-refractivity contribution >= 4 is 21.6 Å². The minimum Gasteiger partial charge on any atom is -0.492 e. The SMILES string of the molecule is Cc1ccc(OCCn2cnc3sc4c(c3c2=O)CC[C@@H](C(C)(C)C)C4)cc1. The molecule has 0 fully saturated rings. The zero-order chi connectivity index (χ0) is 19.9. The van der Waals surface area contributed by atoms with Crippen molar-refractivity contribution in [2.45, 2.75) is 53.5 Å². The summed E-state index contributed by atoms with van der Waals surface area (Å²) < 4.78 is 7.49. The Morgan fingerprint density at radius 3 is 2.71 bits per heavy atom. The summed E-state index contributed by atoms with van der Waals surface area (Å²) in [6, 6.07) is 7.97. The second kappa shape index (κ2) is 7.36. The van der Waals surface area contributed by atoms with Crippen LogP contribution in [0.2, 0.25) is 0 Å². The van der Waals surface area contributed by atoms with Gasteiger partial charge in [0.25, 0.3) is 5.56 Å². The van der Waals surface area contributed by atoms with Crippen molar-refractivity contribution in [3.8, 4) is 5.75 Å². The van der Waals surface area contributed by atoms with Crippen LogP contribution in [0.4, 0.5) is 0 Å². The predicted molar refractivity (Wildman–Crippen MR) is 116 cm³/mol.